The van der Waals surface area contributed by atoms with Gasteiger partial charge in [0.1, 0.15) is 5.75 Å². The topological polar surface area (TPSA) is 72.6 Å². The normalized spacial score (nSPS) is 21.8. The smallest absolute Gasteiger partial charge is 0.225 e. The fourth-order valence-electron chi connectivity index (χ4n) is 5.17. The summed E-state index contributed by atoms with van der Waals surface area (Å²) in [4.78, 5) is 27.5. The fraction of sp³-hybridized carbons (Fsp3) is 0.462. The monoisotopic (exact) mass is 420 g/mol. The molecule has 0 radical (unpaired) electrons. The van der Waals surface area contributed by atoms with E-state index in [1.165, 1.54) is 0 Å². The van der Waals surface area contributed by atoms with Crippen LogP contribution in [-0.2, 0) is 16.0 Å². The summed E-state index contributed by atoms with van der Waals surface area (Å²) in [6.07, 6.45) is 6.34. The van der Waals surface area contributed by atoms with Gasteiger partial charge in [-0.3, -0.25) is 9.59 Å². The summed E-state index contributed by atoms with van der Waals surface area (Å²) in [6, 6.07) is 16.3. The lowest BCUT2D eigenvalue weighted by molar-refractivity contribution is -0.142. The summed E-state index contributed by atoms with van der Waals surface area (Å²) in [6.45, 7) is 1.18. The van der Waals surface area contributed by atoms with Crippen LogP contribution >= 0.6 is 0 Å². The van der Waals surface area contributed by atoms with E-state index in [4.69, 9.17) is 10.5 Å². The van der Waals surface area contributed by atoms with Crippen molar-refractivity contribution in [1.29, 1.82) is 0 Å². The summed E-state index contributed by atoms with van der Waals surface area (Å²) >= 11 is 0. The molecular formula is C26H32N2O3. The van der Waals surface area contributed by atoms with E-state index in [0.29, 0.717) is 13.0 Å². The molecular weight excluding hydrogens is 388 g/mol. The summed E-state index contributed by atoms with van der Waals surface area (Å²) < 4.78 is 5.23. The van der Waals surface area contributed by atoms with Crippen LogP contribution in [0.1, 0.15) is 44.1 Å². The van der Waals surface area contributed by atoms with Crippen LogP contribution in [-0.4, -0.2) is 36.9 Å². The highest BCUT2D eigenvalue weighted by Crippen LogP contribution is 2.36. The number of hydrogen-bond donors (Lipinski definition) is 1. The molecule has 2 N–H and O–H groups in total. The van der Waals surface area contributed by atoms with Gasteiger partial charge in [0.15, 0.2) is 0 Å². The van der Waals surface area contributed by atoms with Gasteiger partial charge in [-0.25, -0.2) is 0 Å². The second-order valence-electron chi connectivity index (χ2n) is 9.09. The van der Waals surface area contributed by atoms with Crippen molar-refractivity contribution >= 4 is 11.8 Å². The molecule has 2 aliphatic rings. The van der Waals surface area contributed by atoms with E-state index in [2.05, 4.69) is 24.3 Å². The molecule has 1 saturated heterocycles. The Labute approximate surface area is 184 Å². The molecule has 1 saturated carbocycles. The van der Waals surface area contributed by atoms with E-state index >= 15 is 0 Å². The van der Waals surface area contributed by atoms with Crippen LogP contribution in [0.25, 0.3) is 11.1 Å². The van der Waals surface area contributed by atoms with Crippen LogP contribution in [0.15, 0.2) is 48.5 Å². The molecule has 31 heavy (non-hydrogen) atoms. The second kappa shape index (κ2) is 9.13. The first-order valence-electron chi connectivity index (χ1n) is 11.3. The quantitative estimate of drug-likeness (QED) is 0.762. The van der Waals surface area contributed by atoms with Gasteiger partial charge in [0, 0.05) is 19.0 Å². The number of likely N-dealkylation sites (tertiary alicyclic amines) is 1. The van der Waals surface area contributed by atoms with Crippen molar-refractivity contribution in [1.82, 2.24) is 4.90 Å². The molecule has 2 aromatic rings. The highest BCUT2D eigenvalue weighted by molar-refractivity contribution is 5.84. The van der Waals surface area contributed by atoms with Gasteiger partial charge in [-0.2, -0.15) is 0 Å². The van der Waals surface area contributed by atoms with Crippen molar-refractivity contribution in [3.63, 3.8) is 0 Å². The molecule has 0 bridgehead atoms. The molecule has 5 nitrogen and oxygen atoms in total. The van der Waals surface area contributed by atoms with E-state index in [-0.39, 0.29) is 17.7 Å². The highest BCUT2D eigenvalue weighted by Gasteiger charge is 2.43. The Bertz CT molecular complexity index is 917. The Morgan fingerprint density at radius 3 is 2.19 bits per heavy atom. The van der Waals surface area contributed by atoms with Crippen LogP contribution in [0.2, 0.25) is 0 Å². The molecule has 1 unspecified atom stereocenters. The van der Waals surface area contributed by atoms with E-state index in [9.17, 15) is 9.59 Å². The Kier molecular flexibility index (Phi) is 6.30. The number of ether oxygens (including phenoxy) is 1. The zero-order chi connectivity index (χ0) is 21.8. The van der Waals surface area contributed by atoms with Crippen LogP contribution in [0.4, 0.5) is 0 Å². The van der Waals surface area contributed by atoms with E-state index < -0.39 is 5.41 Å². The Morgan fingerprint density at radius 1 is 1.00 bits per heavy atom. The summed E-state index contributed by atoms with van der Waals surface area (Å²) in [5.41, 5.74) is 8.54. The summed E-state index contributed by atoms with van der Waals surface area (Å²) in [5, 5.41) is 0. The van der Waals surface area contributed by atoms with Gasteiger partial charge in [-0.15, -0.1) is 0 Å². The predicted octanol–water partition coefficient (Wildman–Crippen LogP) is 4.19. The fourth-order valence-corrected chi connectivity index (χ4v) is 5.17. The van der Waals surface area contributed by atoms with Gasteiger partial charge in [0.25, 0.3) is 0 Å². The lowest BCUT2D eigenvalue weighted by Gasteiger charge is -2.41. The van der Waals surface area contributed by atoms with Crippen LogP contribution in [0.3, 0.4) is 0 Å². The number of hydrogen-bond acceptors (Lipinski definition) is 3. The number of amides is 2. The minimum absolute atomic E-state index is 0.132. The number of piperidine rings is 1. The third-order valence-corrected chi connectivity index (χ3v) is 7.04. The maximum atomic E-state index is 13.0. The van der Waals surface area contributed by atoms with Crippen molar-refractivity contribution in [2.24, 2.45) is 17.1 Å². The third-order valence-electron chi connectivity index (χ3n) is 7.04. The molecule has 1 aliphatic heterocycles. The molecule has 1 heterocycles. The van der Waals surface area contributed by atoms with Gasteiger partial charge < -0.3 is 15.4 Å². The number of primary amides is 1. The van der Waals surface area contributed by atoms with Gasteiger partial charge in [-0.05, 0) is 60.9 Å². The van der Waals surface area contributed by atoms with Crippen LogP contribution in [0.5, 0.6) is 5.75 Å². The van der Waals surface area contributed by atoms with E-state index in [0.717, 1.165) is 67.5 Å². The zero-order valence-electron chi connectivity index (χ0n) is 18.3. The Balaban J connectivity index is 1.49. The van der Waals surface area contributed by atoms with Gasteiger partial charge >= 0.3 is 0 Å². The molecule has 4 rings (SSSR count). The van der Waals surface area contributed by atoms with Crippen molar-refractivity contribution in [2.45, 2.75) is 44.9 Å². The lowest BCUT2D eigenvalue weighted by Crippen LogP contribution is -2.54. The lowest BCUT2D eigenvalue weighted by atomic mass is 9.74. The minimum Gasteiger partial charge on any atom is -0.497 e. The standard InChI is InChI=1S/C26H32N2O3/c1-31-23-13-11-21(12-14-23)20-9-7-19(8-10-20)17-26(25(27)30)15-4-16-28(18-26)24(29)22-5-2-3-6-22/h7-14,22H,2-6,15-18H2,1H3,(H2,27,30). The highest BCUT2D eigenvalue weighted by atomic mass is 16.5. The molecule has 0 aromatic heterocycles. The molecule has 2 fully saturated rings. The van der Waals surface area contributed by atoms with Crippen LogP contribution in [0, 0.1) is 11.3 Å². The van der Waals surface area contributed by atoms with Crippen molar-refractivity contribution in [3.8, 4) is 16.9 Å². The van der Waals surface area contributed by atoms with E-state index in [1.807, 2.05) is 29.2 Å². The minimum atomic E-state index is -0.686. The molecule has 0 spiro atoms. The number of carbonyl (C=O) groups excluding carboxylic acids is 2. The van der Waals surface area contributed by atoms with Gasteiger partial charge in [-0.1, -0.05) is 49.2 Å². The molecule has 2 aromatic carbocycles. The Hall–Kier alpha value is -2.82. The molecule has 1 atom stereocenters. The number of rotatable bonds is 6. The number of nitrogens with two attached hydrogens (primary N) is 1. The second-order valence-corrected chi connectivity index (χ2v) is 9.09. The van der Waals surface area contributed by atoms with Crippen molar-refractivity contribution < 1.29 is 14.3 Å². The number of carbonyl (C=O) groups is 2. The number of methoxy groups -OCH3 is 1. The van der Waals surface area contributed by atoms with Gasteiger partial charge in [0.05, 0.1) is 12.5 Å². The first kappa shape index (κ1) is 21.4. The summed E-state index contributed by atoms with van der Waals surface area (Å²) in [7, 11) is 1.66. The molecule has 1 aliphatic carbocycles. The maximum Gasteiger partial charge on any atom is 0.225 e. The number of benzene rings is 2. The zero-order valence-corrected chi connectivity index (χ0v) is 18.3. The van der Waals surface area contributed by atoms with Crippen LogP contribution < -0.4 is 10.5 Å². The van der Waals surface area contributed by atoms with Gasteiger partial charge in [0.2, 0.25) is 11.8 Å². The largest absolute Gasteiger partial charge is 0.497 e. The van der Waals surface area contributed by atoms with Crippen molar-refractivity contribution in [3.05, 3.63) is 54.1 Å². The average Bonchev–Trinajstić information content (AvgIpc) is 3.34. The van der Waals surface area contributed by atoms with E-state index in [1.54, 1.807) is 7.11 Å². The summed E-state index contributed by atoms with van der Waals surface area (Å²) in [5.74, 6) is 0.888. The first-order valence-corrected chi connectivity index (χ1v) is 11.3. The molecule has 5 heteroatoms. The van der Waals surface area contributed by atoms with Crippen molar-refractivity contribution in [2.75, 3.05) is 20.2 Å². The molecule has 164 valence electrons. The average molecular weight is 421 g/mol. The number of nitrogens with zero attached hydrogens (tertiary/aromatic N) is 1. The SMILES string of the molecule is COc1ccc(-c2ccc(CC3(C(N)=O)CCCN(C(=O)C4CCCC4)C3)cc2)cc1. The first-order chi connectivity index (χ1) is 15.0. The maximum absolute atomic E-state index is 13.0. The molecule has 2 amide bonds. The Morgan fingerprint density at radius 2 is 1.61 bits per heavy atom. The predicted molar refractivity (Wildman–Crippen MR) is 122 cm³/mol. The third kappa shape index (κ3) is 4.60.